The van der Waals surface area contributed by atoms with Gasteiger partial charge in [-0.05, 0) is 37.2 Å². The van der Waals surface area contributed by atoms with Crippen molar-refractivity contribution in [3.05, 3.63) is 35.5 Å². The second kappa shape index (κ2) is 11.3. The quantitative estimate of drug-likeness (QED) is 0.404. The highest BCUT2D eigenvalue weighted by Crippen LogP contribution is 2.33. The van der Waals surface area contributed by atoms with Gasteiger partial charge in [0.25, 0.3) is 11.8 Å². The lowest BCUT2D eigenvalue weighted by molar-refractivity contribution is -0.0222. The van der Waals surface area contributed by atoms with Crippen LogP contribution in [0.5, 0.6) is 0 Å². The lowest BCUT2D eigenvalue weighted by atomic mass is 10.1. The van der Waals surface area contributed by atoms with Crippen molar-refractivity contribution >= 4 is 47.1 Å². The summed E-state index contributed by atoms with van der Waals surface area (Å²) in [5, 5.41) is 11.9. The van der Waals surface area contributed by atoms with E-state index in [1.165, 1.54) is 6.07 Å². The average Bonchev–Trinajstić information content (AvgIpc) is 2.83. The Bertz CT molecular complexity index is 1310. The zero-order chi connectivity index (χ0) is 28.4. The second-order valence-corrected chi connectivity index (χ2v) is 18.2. The minimum Gasteiger partial charge on any atom is -0.395 e. The number of hydrogen-bond acceptors (Lipinski definition) is 8. The molecule has 4 rings (SSSR count). The number of benzene rings is 1. The summed E-state index contributed by atoms with van der Waals surface area (Å²) >= 11 is 0. The van der Waals surface area contributed by atoms with Crippen LogP contribution in [-0.2, 0) is 10.0 Å². The molecule has 3 N–H and O–H groups in total. The lowest BCUT2D eigenvalue weighted by Gasteiger charge is -2.38. The van der Waals surface area contributed by atoms with E-state index in [1.54, 1.807) is 30.0 Å². The van der Waals surface area contributed by atoms with Crippen LogP contribution in [0.1, 0.15) is 28.9 Å². The van der Waals surface area contributed by atoms with Gasteiger partial charge in [-0.25, -0.2) is 22.2 Å². The van der Waals surface area contributed by atoms with Gasteiger partial charge in [-0.3, -0.25) is 9.52 Å². The largest absolute Gasteiger partial charge is 0.395 e. The van der Waals surface area contributed by atoms with Crippen molar-refractivity contribution in [2.75, 3.05) is 58.4 Å². The van der Waals surface area contributed by atoms with Crippen LogP contribution < -0.4 is 19.8 Å². The number of hydrogen-bond donors (Lipinski definition) is 3. The van der Waals surface area contributed by atoms with Gasteiger partial charge in [0.2, 0.25) is 16.0 Å². The van der Waals surface area contributed by atoms with Crippen LogP contribution in [0.4, 0.5) is 31.9 Å². The van der Waals surface area contributed by atoms with Crippen LogP contribution in [0.15, 0.2) is 24.3 Å². The predicted molar refractivity (Wildman–Crippen MR) is 151 cm³/mol. The van der Waals surface area contributed by atoms with E-state index in [4.69, 9.17) is 5.11 Å². The van der Waals surface area contributed by atoms with Crippen LogP contribution in [0.25, 0.3) is 0 Å². The predicted octanol–water partition coefficient (Wildman–Crippen LogP) is 3.54. The molecule has 2 aliphatic rings. The molecule has 39 heavy (non-hydrogen) atoms. The first-order valence-electron chi connectivity index (χ1n) is 13.1. The van der Waals surface area contributed by atoms with Gasteiger partial charge in [0, 0.05) is 50.8 Å². The van der Waals surface area contributed by atoms with Gasteiger partial charge in [0.1, 0.15) is 5.82 Å². The summed E-state index contributed by atoms with van der Waals surface area (Å²) in [6.07, 6.45) is -0.557. The van der Waals surface area contributed by atoms with Crippen LogP contribution in [0.3, 0.4) is 0 Å². The monoisotopic (exact) mass is 582 g/mol. The topological polar surface area (TPSA) is 128 Å². The first-order chi connectivity index (χ1) is 18.3. The third kappa shape index (κ3) is 7.63. The molecule has 0 unspecified atom stereocenters. The Morgan fingerprint density at radius 3 is 2.38 bits per heavy atom. The van der Waals surface area contributed by atoms with Gasteiger partial charge in [0.15, 0.2) is 0 Å². The van der Waals surface area contributed by atoms with Crippen molar-refractivity contribution in [3.8, 4) is 0 Å². The van der Waals surface area contributed by atoms with Crippen molar-refractivity contribution in [2.45, 2.75) is 50.9 Å². The number of sulfonamides is 1. The minimum absolute atomic E-state index is 0.121. The van der Waals surface area contributed by atoms with E-state index in [2.05, 4.69) is 38.0 Å². The lowest BCUT2D eigenvalue weighted by Crippen LogP contribution is -2.43. The van der Waals surface area contributed by atoms with Gasteiger partial charge < -0.3 is 20.2 Å². The van der Waals surface area contributed by atoms with Crippen LogP contribution in [0.2, 0.25) is 25.2 Å². The number of aliphatic hydroxyl groups is 1. The SMILES string of the molecule is Cc1cc(NC(=O)c2ccc(NS(=O)(=O)CCO)cc2N2CC[Si](C)(C)CC2)nc(N2CCC(F)(F)CC2)n1. The molecule has 1 amide bonds. The van der Waals surface area contributed by atoms with Crippen molar-refractivity contribution in [3.63, 3.8) is 0 Å². The van der Waals surface area contributed by atoms with Crippen molar-refractivity contribution < 1.29 is 27.1 Å². The maximum Gasteiger partial charge on any atom is 0.258 e. The van der Waals surface area contributed by atoms with E-state index in [1.807, 2.05) is 0 Å². The van der Waals surface area contributed by atoms with E-state index in [-0.39, 0.29) is 37.7 Å². The number of carbonyl (C=O) groups is 1. The fraction of sp³-hybridized carbons (Fsp3) is 0.560. The van der Waals surface area contributed by atoms with E-state index in [0.29, 0.717) is 22.6 Å². The fourth-order valence-corrected chi connectivity index (χ4v) is 7.56. The Kier molecular flexibility index (Phi) is 8.47. The Labute approximate surface area is 228 Å². The molecule has 2 saturated heterocycles. The van der Waals surface area contributed by atoms with Gasteiger partial charge in [0.05, 0.1) is 37.4 Å². The summed E-state index contributed by atoms with van der Waals surface area (Å²) in [4.78, 5) is 26.1. The Morgan fingerprint density at radius 1 is 1.08 bits per heavy atom. The van der Waals surface area contributed by atoms with Crippen LogP contribution in [-0.4, -0.2) is 81.9 Å². The molecule has 2 aliphatic heterocycles. The normalized spacial score (nSPS) is 19.0. The molecule has 214 valence electrons. The van der Waals surface area contributed by atoms with Crippen LogP contribution in [0, 0.1) is 6.92 Å². The maximum atomic E-state index is 13.6. The molecule has 14 heteroatoms. The third-order valence-corrected chi connectivity index (χ3v) is 11.6. The summed E-state index contributed by atoms with van der Waals surface area (Å²) < 4.78 is 54.2. The second-order valence-electron chi connectivity index (χ2n) is 11.0. The van der Waals surface area contributed by atoms with Crippen molar-refractivity contribution in [1.82, 2.24) is 9.97 Å². The smallest absolute Gasteiger partial charge is 0.258 e. The Balaban J connectivity index is 1.60. The standard InChI is InChI=1S/C25H36F2N6O4SSi/c1-18-16-22(30-24(28-18)33-8-6-25(26,27)7-9-33)29-23(35)20-5-4-19(31-38(36,37)13-12-34)17-21(20)32-10-14-39(2,3)15-11-32/h4-5,16-17,31,34H,6-15H2,1-3H3,(H,28,29,30,35). The van der Waals surface area contributed by atoms with Crippen molar-refractivity contribution in [1.29, 1.82) is 0 Å². The average molecular weight is 583 g/mol. The number of alkyl halides is 2. The van der Waals surface area contributed by atoms with E-state index in [9.17, 15) is 22.0 Å². The zero-order valence-corrected chi connectivity index (χ0v) is 24.3. The highest BCUT2D eigenvalue weighted by atomic mass is 32.2. The number of carbonyl (C=O) groups excluding carboxylic acids is 1. The molecule has 0 saturated carbocycles. The summed E-state index contributed by atoms with van der Waals surface area (Å²) in [6.45, 7) is 7.65. The van der Waals surface area contributed by atoms with E-state index >= 15 is 0 Å². The summed E-state index contributed by atoms with van der Waals surface area (Å²) in [5.74, 6) is -3.01. The zero-order valence-electron chi connectivity index (χ0n) is 22.5. The molecule has 10 nitrogen and oxygen atoms in total. The molecule has 0 spiro atoms. The number of amides is 1. The molecule has 0 aliphatic carbocycles. The number of nitrogens with one attached hydrogen (secondary N) is 2. The third-order valence-electron chi connectivity index (χ3n) is 7.20. The molecular formula is C25H36F2N6O4SSi. The first kappa shape index (κ1) is 29.1. The Morgan fingerprint density at radius 2 is 1.74 bits per heavy atom. The minimum atomic E-state index is -3.74. The number of aryl methyl sites for hydroxylation is 1. The fourth-order valence-electron chi connectivity index (χ4n) is 4.73. The number of piperidine rings is 1. The maximum absolute atomic E-state index is 13.6. The molecule has 1 aromatic carbocycles. The van der Waals surface area contributed by atoms with Gasteiger partial charge >= 0.3 is 0 Å². The number of anilines is 4. The number of aliphatic hydroxyl groups excluding tert-OH is 1. The highest BCUT2D eigenvalue weighted by Gasteiger charge is 2.35. The number of rotatable bonds is 8. The number of nitrogens with zero attached hydrogens (tertiary/aromatic N) is 4. The summed E-state index contributed by atoms with van der Waals surface area (Å²) in [7, 11) is -5.06. The molecule has 2 aromatic rings. The first-order valence-corrected chi connectivity index (χ1v) is 18.1. The van der Waals surface area contributed by atoms with E-state index in [0.717, 1.165) is 25.2 Å². The van der Waals surface area contributed by atoms with Crippen molar-refractivity contribution in [2.24, 2.45) is 0 Å². The van der Waals surface area contributed by atoms with E-state index < -0.39 is 42.3 Å². The Hall–Kier alpha value is -2.84. The molecule has 0 bridgehead atoms. The van der Waals surface area contributed by atoms with Crippen LogP contribution >= 0.6 is 0 Å². The molecule has 2 fully saturated rings. The molecule has 0 radical (unpaired) electrons. The number of aromatic nitrogens is 2. The highest BCUT2D eigenvalue weighted by molar-refractivity contribution is 7.92. The van der Waals surface area contributed by atoms with Gasteiger partial charge in [-0.2, -0.15) is 4.98 Å². The van der Waals surface area contributed by atoms with Gasteiger partial charge in [-0.1, -0.05) is 13.1 Å². The van der Waals surface area contributed by atoms with Gasteiger partial charge in [-0.15, -0.1) is 0 Å². The molecular weight excluding hydrogens is 546 g/mol. The summed E-state index contributed by atoms with van der Waals surface area (Å²) in [5.41, 5.74) is 1.85. The summed E-state index contributed by atoms with van der Waals surface area (Å²) in [6, 6.07) is 8.43. The molecule has 3 heterocycles. The molecule has 0 atom stereocenters. The molecule has 1 aromatic heterocycles. The number of halogens is 2.